The number of ether oxygens (including phenoxy) is 1. The number of hydrogen-bond acceptors (Lipinski definition) is 1. The van der Waals surface area contributed by atoms with Gasteiger partial charge in [0.1, 0.15) is 6.10 Å². The van der Waals surface area contributed by atoms with Gasteiger partial charge in [0, 0.05) is 0 Å². The second-order valence-corrected chi connectivity index (χ2v) is 3.67. The third-order valence-corrected chi connectivity index (χ3v) is 2.48. The summed E-state index contributed by atoms with van der Waals surface area (Å²) in [5.41, 5.74) is 2.81. The van der Waals surface area contributed by atoms with Crippen molar-refractivity contribution < 1.29 is 4.74 Å². The van der Waals surface area contributed by atoms with E-state index in [1.807, 2.05) is 0 Å². The first-order valence-electron chi connectivity index (χ1n) is 5.10. The Hall–Kier alpha value is -0.820. The highest BCUT2D eigenvalue weighted by atomic mass is 16.6. The van der Waals surface area contributed by atoms with Gasteiger partial charge in [-0.05, 0) is 24.0 Å². The Morgan fingerprint density at radius 2 is 2.31 bits per heavy atom. The first-order chi connectivity index (χ1) is 6.40. The third kappa shape index (κ3) is 2.31. The molecule has 0 aliphatic carbocycles. The van der Waals surface area contributed by atoms with Crippen LogP contribution in [0.5, 0.6) is 0 Å². The van der Waals surface area contributed by atoms with E-state index < -0.39 is 0 Å². The molecular weight excluding hydrogens is 160 g/mol. The summed E-state index contributed by atoms with van der Waals surface area (Å²) >= 11 is 0. The fourth-order valence-corrected chi connectivity index (χ4v) is 1.57. The van der Waals surface area contributed by atoms with Crippen LogP contribution in [0.15, 0.2) is 24.3 Å². The zero-order valence-corrected chi connectivity index (χ0v) is 8.12. The van der Waals surface area contributed by atoms with Crippen LogP contribution in [-0.2, 0) is 11.2 Å². The molecule has 1 nitrogen and oxygen atoms in total. The summed E-state index contributed by atoms with van der Waals surface area (Å²) in [4.78, 5) is 0. The zero-order chi connectivity index (χ0) is 9.10. The van der Waals surface area contributed by atoms with Crippen LogP contribution in [-0.4, -0.2) is 6.61 Å². The lowest BCUT2D eigenvalue weighted by Gasteiger charge is -2.01. The maximum Gasteiger partial charge on any atom is 0.106 e. The molecule has 1 saturated heterocycles. The van der Waals surface area contributed by atoms with E-state index >= 15 is 0 Å². The van der Waals surface area contributed by atoms with E-state index in [0.29, 0.717) is 6.10 Å². The normalized spacial score (nSPS) is 20.2. The minimum atomic E-state index is 0.404. The minimum Gasteiger partial charge on any atom is -0.368 e. The molecule has 70 valence electrons. The molecule has 0 saturated carbocycles. The summed E-state index contributed by atoms with van der Waals surface area (Å²) in [6, 6.07) is 8.80. The molecule has 0 spiro atoms. The van der Waals surface area contributed by atoms with E-state index in [-0.39, 0.29) is 0 Å². The Kier molecular flexibility index (Phi) is 2.65. The van der Waals surface area contributed by atoms with Gasteiger partial charge in [0.25, 0.3) is 0 Å². The SMILES string of the molecule is CCCCc1cccc(C2CO2)c1. The topological polar surface area (TPSA) is 12.5 Å². The first-order valence-corrected chi connectivity index (χ1v) is 5.10. The van der Waals surface area contributed by atoms with Gasteiger partial charge in [0.05, 0.1) is 6.61 Å². The van der Waals surface area contributed by atoms with E-state index in [2.05, 4.69) is 31.2 Å². The quantitative estimate of drug-likeness (QED) is 0.642. The van der Waals surface area contributed by atoms with Crippen molar-refractivity contribution in [2.75, 3.05) is 6.61 Å². The molecule has 1 heteroatoms. The number of epoxide rings is 1. The third-order valence-electron chi connectivity index (χ3n) is 2.48. The zero-order valence-electron chi connectivity index (χ0n) is 8.12. The minimum absolute atomic E-state index is 0.404. The van der Waals surface area contributed by atoms with Gasteiger partial charge in [-0.2, -0.15) is 0 Å². The predicted octanol–water partition coefficient (Wildman–Crippen LogP) is 3.10. The molecule has 0 bridgehead atoms. The number of unbranched alkanes of at least 4 members (excludes halogenated alkanes) is 1. The van der Waals surface area contributed by atoms with Crippen molar-refractivity contribution in [2.24, 2.45) is 0 Å². The highest BCUT2D eigenvalue weighted by Crippen LogP contribution is 2.30. The molecule has 1 unspecified atom stereocenters. The van der Waals surface area contributed by atoms with Gasteiger partial charge < -0.3 is 4.74 Å². The Bertz CT molecular complexity index is 276. The lowest BCUT2D eigenvalue weighted by molar-refractivity contribution is 0.415. The van der Waals surface area contributed by atoms with Crippen molar-refractivity contribution >= 4 is 0 Å². The average molecular weight is 176 g/mol. The van der Waals surface area contributed by atoms with Crippen LogP contribution < -0.4 is 0 Å². The second kappa shape index (κ2) is 3.93. The molecule has 1 aromatic rings. The number of rotatable bonds is 4. The number of hydrogen-bond donors (Lipinski definition) is 0. The highest BCUT2D eigenvalue weighted by Gasteiger charge is 2.24. The Morgan fingerprint density at radius 3 is 3.00 bits per heavy atom. The molecule has 13 heavy (non-hydrogen) atoms. The number of benzene rings is 1. The van der Waals surface area contributed by atoms with E-state index in [1.165, 1.54) is 30.4 Å². The maximum atomic E-state index is 5.25. The summed E-state index contributed by atoms with van der Waals surface area (Å²) in [5.74, 6) is 0. The summed E-state index contributed by atoms with van der Waals surface area (Å²) in [5, 5.41) is 0. The van der Waals surface area contributed by atoms with Crippen molar-refractivity contribution in [1.29, 1.82) is 0 Å². The smallest absolute Gasteiger partial charge is 0.106 e. The van der Waals surface area contributed by atoms with Crippen molar-refractivity contribution in [2.45, 2.75) is 32.3 Å². The standard InChI is InChI=1S/C12H16O/c1-2-3-5-10-6-4-7-11(8-10)12-9-13-12/h4,6-8,12H,2-3,5,9H2,1H3. The van der Waals surface area contributed by atoms with Crippen molar-refractivity contribution in [3.63, 3.8) is 0 Å². The lowest BCUT2D eigenvalue weighted by atomic mass is 10.0. The average Bonchev–Trinajstić information content (AvgIpc) is 2.98. The van der Waals surface area contributed by atoms with Crippen LogP contribution in [0.25, 0.3) is 0 Å². The molecule has 0 radical (unpaired) electrons. The predicted molar refractivity (Wildman–Crippen MR) is 53.7 cm³/mol. The molecule has 0 amide bonds. The Morgan fingerprint density at radius 1 is 1.46 bits per heavy atom. The number of aryl methyl sites for hydroxylation is 1. The Balaban J connectivity index is 2.03. The van der Waals surface area contributed by atoms with E-state index in [1.54, 1.807) is 0 Å². The highest BCUT2D eigenvalue weighted by molar-refractivity contribution is 5.27. The molecule has 0 N–H and O–H groups in total. The van der Waals surface area contributed by atoms with Crippen LogP contribution in [0, 0.1) is 0 Å². The fourth-order valence-electron chi connectivity index (χ4n) is 1.57. The largest absolute Gasteiger partial charge is 0.368 e. The molecular formula is C12H16O. The van der Waals surface area contributed by atoms with Crippen molar-refractivity contribution in [1.82, 2.24) is 0 Å². The van der Waals surface area contributed by atoms with Crippen LogP contribution >= 0.6 is 0 Å². The Labute approximate surface area is 79.7 Å². The van der Waals surface area contributed by atoms with Gasteiger partial charge in [-0.3, -0.25) is 0 Å². The molecule has 0 aromatic heterocycles. The molecule has 1 aliphatic heterocycles. The molecule has 2 rings (SSSR count). The molecule has 1 atom stereocenters. The molecule has 1 aliphatic rings. The van der Waals surface area contributed by atoms with Crippen LogP contribution in [0.4, 0.5) is 0 Å². The van der Waals surface area contributed by atoms with Gasteiger partial charge in [-0.15, -0.1) is 0 Å². The van der Waals surface area contributed by atoms with Gasteiger partial charge in [-0.1, -0.05) is 37.6 Å². The first kappa shape index (κ1) is 8.76. The maximum absolute atomic E-state index is 5.25. The molecule has 1 heterocycles. The lowest BCUT2D eigenvalue weighted by Crippen LogP contribution is -1.87. The van der Waals surface area contributed by atoms with Crippen LogP contribution in [0.1, 0.15) is 37.0 Å². The van der Waals surface area contributed by atoms with E-state index in [0.717, 1.165) is 6.61 Å². The molecule has 1 aromatic carbocycles. The van der Waals surface area contributed by atoms with Gasteiger partial charge in [-0.25, -0.2) is 0 Å². The van der Waals surface area contributed by atoms with Gasteiger partial charge >= 0.3 is 0 Å². The monoisotopic (exact) mass is 176 g/mol. The van der Waals surface area contributed by atoms with E-state index in [4.69, 9.17) is 4.74 Å². The summed E-state index contributed by atoms with van der Waals surface area (Å²) < 4.78 is 5.25. The fraction of sp³-hybridized carbons (Fsp3) is 0.500. The summed E-state index contributed by atoms with van der Waals surface area (Å²) in [6.45, 7) is 3.14. The van der Waals surface area contributed by atoms with Crippen molar-refractivity contribution in [3.8, 4) is 0 Å². The van der Waals surface area contributed by atoms with E-state index in [9.17, 15) is 0 Å². The second-order valence-electron chi connectivity index (χ2n) is 3.67. The van der Waals surface area contributed by atoms with Crippen molar-refractivity contribution in [3.05, 3.63) is 35.4 Å². The molecule has 1 fully saturated rings. The summed E-state index contributed by atoms with van der Waals surface area (Å²) in [7, 11) is 0. The summed E-state index contributed by atoms with van der Waals surface area (Å²) in [6.07, 6.45) is 4.16. The van der Waals surface area contributed by atoms with Gasteiger partial charge in [0.2, 0.25) is 0 Å². The van der Waals surface area contributed by atoms with Crippen LogP contribution in [0.3, 0.4) is 0 Å². The van der Waals surface area contributed by atoms with Crippen LogP contribution in [0.2, 0.25) is 0 Å². The van der Waals surface area contributed by atoms with Gasteiger partial charge in [0.15, 0.2) is 0 Å².